The Kier molecular flexibility index (Phi) is 7.15. The van der Waals surface area contributed by atoms with Crippen molar-refractivity contribution < 1.29 is 18.7 Å². The van der Waals surface area contributed by atoms with Gasteiger partial charge in [0.05, 0.1) is 5.56 Å². The maximum atomic E-state index is 13.8. The van der Waals surface area contributed by atoms with Gasteiger partial charge in [-0.1, -0.05) is 68.7 Å². The highest BCUT2D eigenvalue weighted by Crippen LogP contribution is 2.26. The second-order valence-electron chi connectivity index (χ2n) is 7.75. The summed E-state index contributed by atoms with van der Waals surface area (Å²) in [6, 6.07) is 14.2. The first-order valence-electron chi connectivity index (χ1n) is 10.5. The Morgan fingerprint density at radius 1 is 1.06 bits per heavy atom. The second kappa shape index (κ2) is 9.81. The molecule has 0 unspecified atom stereocenters. The van der Waals surface area contributed by atoms with E-state index in [0.29, 0.717) is 24.4 Å². The van der Waals surface area contributed by atoms with Crippen molar-refractivity contribution in [1.29, 1.82) is 0 Å². The van der Waals surface area contributed by atoms with Gasteiger partial charge in [0.1, 0.15) is 5.82 Å². The number of alkyl halides is 2. The van der Waals surface area contributed by atoms with Gasteiger partial charge in [-0.3, -0.25) is 0 Å². The Morgan fingerprint density at radius 2 is 1.77 bits per heavy atom. The van der Waals surface area contributed by atoms with Crippen LogP contribution in [0.25, 0.3) is 11.1 Å². The molecule has 0 atom stereocenters. The monoisotopic (exact) mass is 427 g/mol. The van der Waals surface area contributed by atoms with E-state index in [4.69, 9.17) is 0 Å². The Labute approximate surface area is 180 Å². The zero-order valence-electron chi connectivity index (χ0n) is 17.8. The van der Waals surface area contributed by atoms with Crippen LogP contribution in [0, 0.1) is 0 Å². The van der Waals surface area contributed by atoms with E-state index in [1.54, 1.807) is 28.9 Å². The SMILES string of the molecule is CCCCCCn1nc(C(C)(F)F)nc1Cc1ccc(-c2ccccc2C(=O)O)cc1. The second-order valence-corrected chi connectivity index (χ2v) is 7.75. The molecule has 0 fully saturated rings. The Hall–Kier alpha value is -3.09. The molecule has 0 aliphatic carbocycles. The number of hydrogen-bond donors (Lipinski definition) is 1. The first kappa shape index (κ1) is 22.6. The lowest BCUT2D eigenvalue weighted by molar-refractivity contribution is 0.00750. The van der Waals surface area contributed by atoms with E-state index in [0.717, 1.165) is 43.7 Å². The minimum atomic E-state index is -3.09. The lowest BCUT2D eigenvalue weighted by atomic mass is 9.98. The fraction of sp³-hybridized carbons (Fsp3) is 0.375. The summed E-state index contributed by atoms with van der Waals surface area (Å²) in [7, 11) is 0. The van der Waals surface area contributed by atoms with Crippen LogP contribution in [-0.4, -0.2) is 25.8 Å². The van der Waals surface area contributed by atoms with Crippen molar-refractivity contribution in [2.24, 2.45) is 0 Å². The Morgan fingerprint density at radius 3 is 2.42 bits per heavy atom. The number of unbranched alkanes of at least 4 members (excludes halogenated alkanes) is 3. The lowest BCUT2D eigenvalue weighted by Crippen LogP contribution is -2.11. The number of carboxylic acid groups (broad SMARTS) is 1. The molecule has 7 heteroatoms. The molecule has 5 nitrogen and oxygen atoms in total. The number of hydrogen-bond acceptors (Lipinski definition) is 3. The van der Waals surface area contributed by atoms with Crippen molar-refractivity contribution >= 4 is 5.97 Å². The minimum Gasteiger partial charge on any atom is -0.478 e. The Balaban J connectivity index is 1.82. The summed E-state index contributed by atoms with van der Waals surface area (Å²) in [6.07, 6.45) is 4.45. The van der Waals surface area contributed by atoms with Gasteiger partial charge < -0.3 is 5.11 Å². The molecule has 164 valence electrons. The van der Waals surface area contributed by atoms with Crippen LogP contribution < -0.4 is 0 Å². The molecular formula is C24H27F2N3O2. The predicted octanol–water partition coefficient (Wildman–Crippen LogP) is 5.93. The van der Waals surface area contributed by atoms with Gasteiger partial charge in [0.25, 0.3) is 0 Å². The molecule has 3 aromatic rings. The predicted molar refractivity (Wildman–Crippen MR) is 115 cm³/mol. The molecule has 0 saturated heterocycles. The lowest BCUT2D eigenvalue weighted by Gasteiger charge is -2.08. The molecular weight excluding hydrogens is 400 g/mol. The minimum absolute atomic E-state index is 0.233. The standard InChI is InChI=1S/C24H27F2N3O2/c1-3-4-5-8-15-29-21(27-23(28-29)24(2,25)26)16-17-11-13-18(14-12-17)19-9-6-7-10-20(19)22(30)31/h6-7,9-14H,3-5,8,15-16H2,1-2H3,(H,30,31). The largest absolute Gasteiger partial charge is 0.478 e. The summed E-state index contributed by atoms with van der Waals surface area (Å²) in [5.74, 6) is -4.02. The molecule has 0 saturated carbocycles. The third-order valence-corrected chi connectivity index (χ3v) is 5.15. The molecule has 0 radical (unpaired) electrons. The van der Waals surface area contributed by atoms with Crippen LogP contribution in [0.5, 0.6) is 0 Å². The van der Waals surface area contributed by atoms with Crippen molar-refractivity contribution in [2.75, 3.05) is 0 Å². The van der Waals surface area contributed by atoms with E-state index in [1.807, 2.05) is 24.3 Å². The average molecular weight is 427 g/mol. The summed E-state index contributed by atoms with van der Waals surface area (Å²) in [5.41, 5.74) is 2.54. The van der Waals surface area contributed by atoms with Crippen LogP contribution in [0.1, 0.15) is 67.1 Å². The average Bonchev–Trinajstić information content (AvgIpc) is 3.15. The molecule has 0 spiro atoms. The summed E-state index contributed by atoms with van der Waals surface area (Å²) < 4.78 is 29.2. The topological polar surface area (TPSA) is 68.0 Å². The maximum Gasteiger partial charge on any atom is 0.336 e. The molecule has 3 rings (SSSR count). The van der Waals surface area contributed by atoms with Crippen LogP contribution in [0.2, 0.25) is 0 Å². The molecule has 0 bridgehead atoms. The smallest absolute Gasteiger partial charge is 0.336 e. The van der Waals surface area contributed by atoms with Crippen molar-refractivity contribution in [3.05, 3.63) is 71.3 Å². The van der Waals surface area contributed by atoms with E-state index in [9.17, 15) is 18.7 Å². The van der Waals surface area contributed by atoms with Crippen molar-refractivity contribution in [3.63, 3.8) is 0 Å². The first-order chi connectivity index (χ1) is 14.8. The van der Waals surface area contributed by atoms with Gasteiger partial charge in [-0.05, 0) is 29.2 Å². The zero-order chi connectivity index (χ0) is 22.4. The van der Waals surface area contributed by atoms with E-state index < -0.39 is 17.7 Å². The van der Waals surface area contributed by atoms with Crippen molar-refractivity contribution in [2.45, 2.75) is 58.4 Å². The first-order valence-corrected chi connectivity index (χ1v) is 10.5. The van der Waals surface area contributed by atoms with Gasteiger partial charge in [-0.25, -0.2) is 14.5 Å². The summed E-state index contributed by atoms with van der Waals surface area (Å²) in [6.45, 7) is 3.49. The van der Waals surface area contributed by atoms with Crippen LogP contribution >= 0.6 is 0 Å². The van der Waals surface area contributed by atoms with Crippen LogP contribution in [0.4, 0.5) is 8.78 Å². The zero-order valence-corrected chi connectivity index (χ0v) is 17.8. The molecule has 1 N–H and O–H groups in total. The number of rotatable bonds is 10. The molecule has 1 heterocycles. The number of halogens is 2. The fourth-order valence-corrected chi connectivity index (χ4v) is 3.46. The molecule has 0 aliphatic heterocycles. The van der Waals surface area contributed by atoms with E-state index in [-0.39, 0.29) is 5.56 Å². The van der Waals surface area contributed by atoms with Gasteiger partial charge in [0, 0.05) is 19.9 Å². The van der Waals surface area contributed by atoms with Gasteiger partial charge in [-0.15, -0.1) is 5.10 Å². The quantitative estimate of drug-likeness (QED) is 0.408. The molecule has 31 heavy (non-hydrogen) atoms. The molecule has 2 aromatic carbocycles. The maximum absolute atomic E-state index is 13.8. The van der Waals surface area contributed by atoms with E-state index >= 15 is 0 Å². The third kappa shape index (κ3) is 5.75. The van der Waals surface area contributed by atoms with E-state index in [2.05, 4.69) is 17.0 Å². The number of carboxylic acids is 1. The van der Waals surface area contributed by atoms with Crippen LogP contribution in [0.3, 0.4) is 0 Å². The Bertz CT molecular complexity index is 1020. The number of benzene rings is 2. The molecule has 1 aromatic heterocycles. The van der Waals surface area contributed by atoms with Crippen molar-refractivity contribution in [1.82, 2.24) is 14.8 Å². The number of aromatic carboxylic acids is 1. The number of aromatic nitrogens is 3. The molecule has 0 aliphatic rings. The van der Waals surface area contributed by atoms with Gasteiger partial charge in [0.2, 0.25) is 5.82 Å². The van der Waals surface area contributed by atoms with Crippen LogP contribution in [0.15, 0.2) is 48.5 Å². The van der Waals surface area contributed by atoms with E-state index in [1.165, 1.54) is 0 Å². The van der Waals surface area contributed by atoms with Gasteiger partial charge >= 0.3 is 11.9 Å². The normalized spacial score (nSPS) is 11.6. The summed E-state index contributed by atoms with van der Waals surface area (Å²) >= 11 is 0. The third-order valence-electron chi connectivity index (χ3n) is 5.15. The number of carbonyl (C=O) groups is 1. The number of aryl methyl sites for hydroxylation is 1. The highest BCUT2D eigenvalue weighted by atomic mass is 19.3. The van der Waals surface area contributed by atoms with Gasteiger partial charge in [-0.2, -0.15) is 8.78 Å². The van der Waals surface area contributed by atoms with Gasteiger partial charge in [0.15, 0.2) is 0 Å². The highest BCUT2D eigenvalue weighted by Gasteiger charge is 2.31. The highest BCUT2D eigenvalue weighted by molar-refractivity contribution is 5.95. The summed E-state index contributed by atoms with van der Waals surface area (Å²) in [4.78, 5) is 15.6. The summed E-state index contributed by atoms with van der Waals surface area (Å²) in [5, 5.41) is 13.5. The fourth-order valence-electron chi connectivity index (χ4n) is 3.46. The number of nitrogens with zero attached hydrogens (tertiary/aromatic N) is 3. The van der Waals surface area contributed by atoms with Crippen LogP contribution in [-0.2, 0) is 18.9 Å². The van der Waals surface area contributed by atoms with Crippen molar-refractivity contribution in [3.8, 4) is 11.1 Å². The molecule has 0 amide bonds.